The van der Waals surface area contributed by atoms with Gasteiger partial charge in [-0.3, -0.25) is 0 Å². The smallest absolute Gasteiger partial charge is 0.119 e. The molecule has 0 saturated carbocycles. The normalized spacial score (nSPS) is 22.2. The molecule has 2 heteroatoms. The maximum atomic E-state index is 5.40. The second-order valence-corrected chi connectivity index (χ2v) is 5.41. The maximum absolute atomic E-state index is 5.40. The zero-order valence-electron chi connectivity index (χ0n) is 10.6. The van der Waals surface area contributed by atoms with Crippen molar-refractivity contribution < 1.29 is 4.74 Å². The molecule has 0 aromatic heterocycles. The quantitative estimate of drug-likeness (QED) is 0.802. The van der Waals surface area contributed by atoms with E-state index in [1.807, 2.05) is 0 Å². The van der Waals surface area contributed by atoms with Crippen molar-refractivity contribution in [2.45, 2.75) is 37.5 Å². The summed E-state index contributed by atoms with van der Waals surface area (Å²) in [4.78, 5) is 0. The van der Waals surface area contributed by atoms with Crippen LogP contribution in [0.15, 0.2) is 18.2 Å². The van der Waals surface area contributed by atoms with Crippen molar-refractivity contribution in [3.05, 3.63) is 29.3 Å². The number of ether oxygens (including phenoxy) is 1. The van der Waals surface area contributed by atoms with Crippen LogP contribution in [0.5, 0.6) is 5.75 Å². The molecule has 2 nitrogen and oxygen atoms in total. The number of fused-ring (bicyclic) bond motifs is 2. The second kappa shape index (κ2) is 4.34. The zero-order valence-corrected chi connectivity index (χ0v) is 10.6. The van der Waals surface area contributed by atoms with Crippen molar-refractivity contribution in [3.63, 3.8) is 0 Å². The number of methoxy groups -OCH3 is 1. The number of nitrogens with one attached hydrogen (secondary N) is 1. The van der Waals surface area contributed by atoms with Gasteiger partial charge in [-0.1, -0.05) is 6.07 Å². The highest BCUT2D eigenvalue weighted by Gasteiger charge is 2.37. The number of rotatable bonds is 1. The number of benzene rings is 1. The van der Waals surface area contributed by atoms with Crippen LogP contribution in [0.2, 0.25) is 0 Å². The van der Waals surface area contributed by atoms with Crippen LogP contribution in [-0.4, -0.2) is 20.2 Å². The van der Waals surface area contributed by atoms with E-state index in [0.717, 1.165) is 18.8 Å². The van der Waals surface area contributed by atoms with Crippen molar-refractivity contribution in [3.8, 4) is 5.75 Å². The van der Waals surface area contributed by atoms with Crippen LogP contribution in [0.4, 0.5) is 0 Å². The summed E-state index contributed by atoms with van der Waals surface area (Å²) < 4.78 is 5.40. The second-order valence-electron chi connectivity index (χ2n) is 5.41. The van der Waals surface area contributed by atoms with Gasteiger partial charge in [0.2, 0.25) is 0 Å². The van der Waals surface area contributed by atoms with E-state index in [4.69, 9.17) is 4.74 Å². The van der Waals surface area contributed by atoms with Crippen LogP contribution in [-0.2, 0) is 11.8 Å². The van der Waals surface area contributed by atoms with E-state index in [1.54, 1.807) is 18.2 Å². The molecule has 1 spiro atoms. The highest BCUT2D eigenvalue weighted by atomic mass is 16.5. The van der Waals surface area contributed by atoms with E-state index in [1.165, 1.54) is 32.1 Å². The topological polar surface area (TPSA) is 21.3 Å². The summed E-state index contributed by atoms with van der Waals surface area (Å²) in [5, 5.41) is 3.48. The first-order valence-electron chi connectivity index (χ1n) is 6.72. The summed E-state index contributed by atoms with van der Waals surface area (Å²) in [7, 11) is 1.76. The van der Waals surface area contributed by atoms with E-state index in [2.05, 4.69) is 23.5 Å². The third-order valence-corrected chi connectivity index (χ3v) is 4.55. The molecule has 92 valence electrons. The van der Waals surface area contributed by atoms with Crippen LogP contribution in [0.1, 0.15) is 36.8 Å². The van der Waals surface area contributed by atoms with Gasteiger partial charge in [-0.2, -0.15) is 0 Å². The highest BCUT2D eigenvalue weighted by molar-refractivity contribution is 5.42. The molecule has 1 aliphatic heterocycles. The highest BCUT2D eigenvalue weighted by Crippen LogP contribution is 2.44. The van der Waals surface area contributed by atoms with Gasteiger partial charge in [0.15, 0.2) is 0 Å². The van der Waals surface area contributed by atoms with Gasteiger partial charge >= 0.3 is 0 Å². The molecule has 0 radical (unpaired) electrons. The third kappa shape index (κ3) is 1.85. The molecule has 17 heavy (non-hydrogen) atoms. The Balaban J connectivity index is 2.04. The summed E-state index contributed by atoms with van der Waals surface area (Å²) in [6, 6.07) is 6.68. The zero-order chi connectivity index (χ0) is 11.7. The largest absolute Gasteiger partial charge is 0.497 e. The van der Waals surface area contributed by atoms with Gasteiger partial charge in [0.05, 0.1) is 7.11 Å². The molecule has 1 saturated heterocycles. The number of hydrogen-bond acceptors (Lipinski definition) is 2. The lowest BCUT2D eigenvalue weighted by Crippen LogP contribution is -2.42. The molecular weight excluding hydrogens is 210 g/mol. The van der Waals surface area contributed by atoms with Crippen LogP contribution in [0, 0.1) is 0 Å². The fraction of sp³-hybridized carbons (Fsp3) is 0.600. The Morgan fingerprint density at radius 2 is 2.00 bits per heavy atom. The Labute approximate surface area is 103 Å². The van der Waals surface area contributed by atoms with Crippen molar-refractivity contribution >= 4 is 0 Å². The third-order valence-electron chi connectivity index (χ3n) is 4.55. The van der Waals surface area contributed by atoms with Crippen molar-refractivity contribution in [2.75, 3.05) is 20.2 Å². The van der Waals surface area contributed by atoms with Crippen LogP contribution in [0.25, 0.3) is 0 Å². The SMILES string of the molecule is COc1ccc2c(c1)C1(CCC2)CCNCC1. The van der Waals surface area contributed by atoms with Gasteiger partial charge in [-0.15, -0.1) is 0 Å². The van der Waals surface area contributed by atoms with E-state index in [9.17, 15) is 0 Å². The molecule has 1 aromatic carbocycles. The maximum Gasteiger partial charge on any atom is 0.119 e. The summed E-state index contributed by atoms with van der Waals surface area (Å²) in [6.45, 7) is 2.33. The summed E-state index contributed by atoms with van der Waals surface area (Å²) in [5.74, 6) is 1.02. The van der Waals surface area contributed by atoms with Gasteiger partial charge in [-0.05, 0) is 73.9 Å². The standard InChI is InChI=1S/C15H21NO/c1-17-13-5-4-12-3-2-6-15(14(12)11-13)7-9-16-10-8-15/h4-5,11,16H,2-3,6-10H2,1H3. The summed E-state index contributed by atoms with van der Waals surface area (Å²) in [5.41, 5.74) is 3.57. The molecule has 1 fully saturated rings. The number of piperidine rings is 1. The van der Waals surface area contributed by atoms with Crippen LogP contribution < -0.4 is 10.1 Å². The summed E-state index contributed by atoms with van der Waals surface area (Å²) >= 11 is 0. The lowest BCUT2D eigenvalue weighted by molar-refractivity contribution is 0.267. The van der Waals surface area contributed by atoms with Crippen LogP contribution >= 0.6 is 0 Å². The van der Waals surface area contributed by atoms with Gasteiger partial charge < -0.3 is 10.1 Å². The predicted molar refractivity (Wildman–Crippen MR) is 69.7 cm³/mol. The first-order chi connectivity index (χ1) is 8.34. The number of aryl methyl sites for hydroxylation is 1. The molecule has 1 aliphatic carbocycles. The van der Waals surface area contributed by atoms with Gasteiger partial charge in [-0.25, -0.2) is 0 Å². The average molecular weight is 231 g/mol. The van der Waals surface area contributed by atoms with Gasteiger partial charge in [0.1, 0.15) is 5.75 Å². The molecule has 3 rings (SSSR count). The molecule has 1 aromatic rings. The molecular formula is C15H21NO. The minimum Gasteiger partial charge on any atom is -0.497 e. The molecule has 1 N–H and O–H groups in total. The number of hydrogen-bond donors (Lipinski definition) is 1. The molecule has 1 heterocycles. The Kier molecular flexibility index (Phi) is 2.83. The minimum absolute atomic E-state index is 0.438. The Morgan fingerprint density at radius 1 is 1.18 bits per heavy atom. The minimum atomic E-state index is 0.438. The molecule has 0 atom stereocenters. The monoisotopic (exact) mass is 231 g/mol. The van der Waals surface area contributed by atoms with Gasteiger partial charge in [0, 0.05) is 0 Å². The first-order valence-corrected chi connectivity index (χ1v) is 6.72. The Hall–Kier alpha value is -1.02. The first kappa shape index (κ1) is 11.1. The molecule has 2 aliphatic rings. The fourth-order valence-electron chi connectivity index (χ4n) is 3.57. The Morgan fingerprint density at radius 3 is 2.76 bits per heavy atom. The van der Waals surface area contributed by atoms with E-state index in [0.29, 0.717) is 5.41 Å². The lowest BCUT2D eigenvalue weighted by atomic mass is 9.65. The molecule has 0 unspecified atom stereocenters. The molecule has 0 bridgehead atoms. The Bertz CT molecular complexity index is 407. The van der Waals surface area contributed by atoms with Crippen molar-refractivity contribution in [2.24, 2.45) is 0 Å². The molecule has 0 amide bonds. The van der Waals surface area contributed by atoms with E-state index < -0.39 is 0 Å². The van der Waals surface area contributed by atoms with E-state index in [-0.39, 0.29) is 0 Å². The van der Waals surface area contributed by atoms with Crippen LogP contribution in [0.3, 0.4) is 0 Å². The predicted octanol–water partition coefficient (Wildman–Crippen LogP) is 2.65. The van der Waals surface area contributed by atoms with Gasteiger partial charge in [0.25, 0.3) is 0 Å². The summed E-state index contributed by atoms with van der Waals surface area (Å²) in [6.07, 6.45) is 6.52. The fourth-order valence-corrected chi connectivity index (χ4v) is 3.57. The average Bonchev–Trinajstić information content (AvgIpc) is 2.40. The van der Waals surface area contributed by atoms with Crippen molar-refractivity contribution in [1.82, 2.24) is 5.32 Å². The lowest BCUT2D eigenvalue weighted by Gasteiger charge is -2.42. The van der Waals surface area contributed by atoms with Crippen molar-refractivity contribution in [1.29, 1.82) is 0 Å². The van der Waals surface area contributed by atoms with E-state index >= 15 is 0 Å².